The van der Waals surface area contributed by atoms with Crippen molar-refractivity contribution in [3.05, 3.63) is 72.3 Å². The Kier molecular flexibility index (Phi) is 4.44. The lowest BCUT2D eigenvalue weighted by molar-refractivity contribution is -0.137. The van der Waals surface area contributed by atoms with Gasteiger partial charge in [-0.15, -0.1) is 0 Å². The third-order valence-corrected chi connectivity index (χ3v) is 4.11. The number of alkyl halides is 3. The maximum absolute atomic E-state index is 12.7. The molecule has 0 radical (unpaired) electrons. The van der Waals surface area contributed by atoms with Crippen LogP contribution in [0.2, 0.25) is 0 Å². The summed E-state index contributed by atoms with van der Waals surface area (Å²) in [6, 6.07) is 12.0. The maximum Gasteiger partial charge on any atom is 0.416 e. The average molecular weight is 385 g/mol. The molecule has 0 amide bonds. The molecule has 0 bridgehead atoms. The Hall–Kier alpha value is -3.46. The van der Waals surface area contributed by atoms with Gasteiger partial charge in [0, 0.05) is 5.69 Å². The van der Waals surface area contributed by atoms with Crippen molar-refractivity contribution in [2.45, 2.75) is 12.8 Å². The number of anilines is 2. The van der Waals surface area contributed by atoms with Crippen LogP contribution in [0.1, 0.15) is 11.4 Å². The highest BCUT2D eigenvalue weighted by atomic mass is 19.4. The van der Waals surface area contributed by atoms with Crippen molar-refractivity contribution in [3.63, 3.8) is 0 Å². The molecule has 0 unspecified atom stereocenters. The van der Waals surface area contributed by atoms with Gasteiger partial charge in [0.15, 0.2) is 11.6 Å². The Bertz CT molecular complexity index is 1120. The van der Waals surface area contributed by atoms with Crippen molar-refractivity contribution >= 4 is 22.5 Å². The van der Waals surface area contributed by atoms with Gasteiger partial charge in [0.05, 0.1) is 29.0 Å². The van der Waals surface area contributed by atoms with E-state index in [0.29, 0.717) is 28.7 Å². The first-order valence-electron chi connectivity index (χ1n) is 8.29. The van der Waals surface area contributed by atoms with Gasteiger partial charge in [-0.05, 0) is 36.4 Å². The highest BCUT2D eigenvalue weighted by Gasteiger charge is 2.29. The van der Waals surface area contributed by atoms with E-state index in [1.54, 1.807) is 4.57 Å². The number of nitrogens with zero attached hydrogens (tertiary/aromatic N) is 4. The van der Waals surface area contributed by atoms with Gasteiger partial charge in [-0.3, -0.25) is 9.55 Å². The molecule has 4 aromatic rings. The minimum atomic E-state index is -4.39. The molecule has 0 aliphatic rings. The number of imidazole rings is 1. The Morgan fingerprint density at radius 3 is 2.43 bits per heavy atom. The molecular formula is C19H14F3N5O. The van der Waals surface area contributed by atoms with Crippen LogP contribution in [0.5, 0.6) is 0 Å². The van der Waals surface area contributed by atoms with Gasteiger partial charge in [0.1, 0.15) is 12.4 Å². The largest absolute Gasteiger partial charge is 0.416 e. The van der Waals surface area contributed by atoms with Crippen LogP contribution < -0.4 is 5.32 Å². The lowest BCUT2D eigenvalue weighted by atomic mass is 10.2. The highest BCUT2D eigenvalue weighted by Crippen LogP contribution is 2.30. The molecule has 0 saturated carbocycles. The Labute approximate surface area is 157 Å². The summed E-state index contributed by atoms with van der Waals surface area (Å²) in [6.45, 7) is -0.285. The van der Waals surface area contributed by atoms with Crippen LogP contribution in [0.3, 0.4) is 0 Å². The number of halogens is 3. The van der Waals surface area contributed by atoms with Crippen molar-refractivity contribution in [2.75, 3.05) is 5.32 Å². The molecule has 0 atom stereocenters. The van der Waals surface area contributed by atoms with Crippen LogP contribution in [0.4, 0.5) is 24.7 Å². The number of hydrogen-bond acceptors (Lipinski definition) is 5. The van der Waals surface area contributed by atoms with Crippen LogP contribution in [0.15, 0.2) is 60.9 Å². The second-order valence-electron chi connectivity index (χ2n) is 5.97. The van der Waals surface area contributed by atoms with Gasteiger partial charge in [0.25, 0.3) is 0 Å². The Balaban J connectivity index is 1.68. The van der Waals surface area contributed by atoms with Crippen molar-refractivity contribution in [1.29, 1.82) is 0 Å². The van der Waals surface area contributed by atoms with E-state index < -0.39 is 11.7 Å². The number of benzene rings is 2. The molecule has 0 spiro atoms. The van der Waals surface area contributed by atoms with E-state index in [-0.39, 0.29) is 6.61 Å². The van der Waals surface area contributed by atoms with E-state index in [4.69, 9.17) is 0 Å². The number of fused-ring (bicyclic) bond motifs is 1. The lowest BCUT2D eigenvalue weighted by Gasteiger charge is -2.11. The summed E-state index contributed by atoms with van der Waals surface area (Å²) >= 11 is 0. The van der Waals surface area contributed by atoms with E-state index >= 15 is 0 Å². The predicted molar refractivity (Wildman–Crippen MR) is 97.3 cm³/mol. The summed E-state index contributed by atoms with van der Waals surface area (Å²) < 4.78 is 39.7. The second-order valence-corrected chi connectivity index (χ2v) is 5.97. The standard InChI is InChI=1S/C19H14F3N5O/c20-19(21,22)12-5-7-13(8-6-12)24-16-9-23-10-17(26-16)27-15-4-2-1-3-14(15)25-18(27)11-28/h1-10,28H,11H2,(H,24,26). The predicted octanol–water partition coefficient (Wildman–Crippen LogP) is 4.07. The van der Waals surface area contributed by atoms with Crippen LogP contribution >= 0.6 is 0 Å². The molecule has 28 heavy (non-hydrogen) atoms. The Morgan fingerprint density at radius 2 is 1.71 bits per heavy atom. The molecular weight excluding hydrogens is 371 g/mol. The number of rotatable bonds is 4. The van der Waals surface area contributed by atoms with Crippen LogP contribution in [-0.4, -0.2) is 24.6 Å². The normalized spacial score (nSPS) is 11.7. The van der Waals surface area contributed by atoms with Gasteiger partial charge in [0.2, 0.25) is 0 Å². The molecule has 0 saturated heterocycles. The molecule has 2 N–H and O–H groups in total. The molecule has 2 aromatic carbocycles. The summed E-state index contributed by atoms with van der Waals surface area (Å²) in [5.74, 6) is 1.18. The minimum Gasteiger partial charge on any atom is -0.388 e. The smallest absolute Gasteiger partial charge is 0.388 e. The third kappa shape index (κ3) is 3.39. The zero-order chi connectivity index (χ0) is 19.7. The third-order valence-electron chi connectivity index (χ3n) is 4.11. The van der Waals surface area contributed by atoms with Crippen molar-refractivity contribution < 1.29 is 18.3 Å². The van der Waals surface area contributed by atoms with Crippen LogP contribution in [0.25, 0.3) is 16.9 Å². The van der Waals surface area contributed by atoms with Gasteiger partial charge >= 0.3 is 6.18 Å². The van der Waals surface area contributed by atoms with Crippen molar-refractivity contribution in [2.24, 2.45) is 0 Å². The second kappa shape index (κ2) is 6.93. The summed E-state index contributed by atoms with van der Waals surface area (Å²) in [5.41, 5.74) is 1.18. The fourth-order valence-electron chi connectivity index (χ4n) is 2.85. The fourth-order valence-corrected chi connectivity index (χ4v) is 2.85. The van der Waals surface area contributed by atoms with E-state index in [0.717, 1.165) is 17.6 Å². The monoisotopic (exact) mass is 385 g/mol. The van der Waals surface area contributed by atoms with E-state index in [1.807, 2.05) is 24.3 Å². The summed E-state index contributed by atoms with van der Waals surface area (Å²) in [7, 11) is 0. The van der Waals surface area contributed by atoms with Gasteiger partial charge < -0.3 is 10.4 Å². The lowest BCUT2D eigenvalue weighted by Crippen LogP contribution is -2.06. The number of aliphatic hydroxyl groups is 1. The Morgan fingerprint density at radius 1 is 0.964 bits per heavy atom. The molecule has 9 heteroatoms. The fraction of sp³-hybridized carbons (Fsp3) is 0.105. The quantitative estimate of drug-likeness (QED) is 0.554. The first-order valence-corrected chi connectivity index (χ1v) is 8.29. The molecule has 2 aromatic heterocycles. The van der Waals surface area contributed by atoms with Crippen LogP contribution in [-0.2, 0) is 12.8 Å². The van der Waals surface area contributed by atoms with Gasteiger partial charge in [-0.2, -0.15) is 13.2 Å². The van der Waals surface area contributed by atoms with Crippen LogP contribution in [0, 0.1) is 0 Å². The number of nitrogens with one attached hydrogen (secondary N) is 1. The number of hydrogen-bond donors (Lipinski definition) is 2. The van der Waals surface area contributed by atoms with E-state index in [2.05, 4.69) is 20.3 Å². The highest BCUT2D eigenvalue weighted by molar-refractivity contribution is 5.77. The summed E-state index contributed by atoms with van der Waals surface area (Å²) in [5, 5.41) is 12.6. The first-order chi connectivity index (χ1) is 13.5. The molecule has 0 aliphatic carbocycles. The maximum atomic E-state index is 12.7. The minimum absolute atomic E-state index is 0.285. The molecule has 0 aliphatic heterocycles. The van der Waals surface area contributed by atoms with E-state index in [1.165, 1.54) is 24.5 Å². The number of aromatic nitrogens is 4. The molecule has 4 rings (SSSR count). The zero-order valence-corrected chi connectivity index (χ0v) is 14.4. The molecule has 6 nitrogen and oxygen atoms in total. The van der Waals surface area contributed by atoms with E-state index in [9.17, 15) is 18.3 Å². The topological polar surface area (TPSA) is 75.9 Å². The van der Waals surface area contributed by atoms with Gasteiger partial charge in [-0.1, -0.05) is 12.1 Å². The molecule has 0 fully saturated rings. The number of para-hydroxylation sites is 2. The molecule has 2 heterocycles. The average Bonchev–Trinajstić information content (AvgIpc) is 3.06. The van der Waals surface area contributed by atoms with Crippen molar-refractivity contribution in [1.82, 2.24) is 19.5 Å². The zero-order valence-electron chi connectivity index (χ0n) is 14.4. The van der Waals surface area contributed by atoms with Crippen molar-refractivity contribution in [3.8, 4) is 5.82 Å². The summed E-state index contributed by atoms with van der Waals surface area (Å²) in [4.78, 5) is 13.0. The summed E-state index contributed by atoms with van der Waals surface area (Å²) in [6.07, 6.45) is -1.41. The SMILES string of the molecule is OCc1nc2ccccc2n1-c1cncc(Nc2ccc(C(F)(F)F)cc2)n1. The number of aliphatic hydroxyl groups excluding tert-OH is 1. The van der Waals surface area contributed by atoms with Gasteiger partial charge in [-0.25, -0.2) is 9.97 Å². The molecule has 142 valence electrons. The first kappa shape index (κ1) is 17.9.